The number of halogens is 4. The summed E-state index contributed by atoms with van der Waals surface area (Å²) in [7, 11) is 0. The van der Waals surface area contributed by atoms with Crippen LogP contribution in [-0.2, 0) is 0 Å². The third-order valence-electron chi connectivity index (χ3n) is 3.64. The number of amides is 1. The molecule has 0 heterocycles. The molecule has 1 aromatic rings. The highest BCUT2D eigenvalue weighted by Gasteiger charge is 2.27. The van der Waals surface area contributed by atoms with E-state index in [0.717, 1.165) is 19.3 Å². The van der Waals surface area contributed by atoms with Gasteiger partial charge in [-0.3, -0.25) is 4.79 Å². The number of carbonyl (C=O) groups excluding carboxylic acids is 1. The molecule has 3 nitrogen and oxygen atoms in total. The summed E-state index contributed by atoms with van der Waals surface area (Å²) in [6.45, 7) is 0. The van der Waals surface area contributed by atoms with Crippen molar-refractivity contribution in [1.82, 2.24) is 5.32 Å². The second-order valence-corrected chi connectivity index (χ2v) is 5.13. The molecule has 0 aliphatic heterocycles. The molecule has 1 saturated carbocycles. The van der Waals surface area contributed by atoms with Gasteiger partial charge >= 0.3 is 0 Å². The van der Waals surface area contributed by atoms with E-state index in [1.54, 1.807) is 0 Å². The van der Waals surface area contributed by atoms with E-state index >= 15 is 0 Å². The van der Waals surface area contributed by atoms with Crippen molar-refractivity contribution in [2.45, 2.75) is 44.2 Å². The van der Waals surface area contributed by atoms with E-state index in [-0.39, 0.29) is 0 Å². The molecular weight excluding hydrogens is 290 g/mol. The summed E-state index contributed by atoms with van der Waals surface area (Å²) in [6.07, 6.45) is 2.66. The first-order chi connectivity index (χ1) is 9.91. The summed E-state index contributed by atoms with van der Waals surface area (Å²) >= 11 is 0. The SMILES string of the molecule is O=C(NC1CCCCCC1O)c1cc(F)c(F)c(F)c1F. The molecule has 1 fully saturated rings. The van der Waals surface area contributed by atoms with Crippen LogP contribution in [0.25, 0.3) is 0 Å². The van der Waals surface area contributed by atoms with E-state index in [0.29, 0.717) is 18.9 Å². The first-order valence-corrected chi connectivity index (χ1v) is 6.73. The Morgan fingerprint density at radius 3 is 2.43 bits per heavy atom. The van der Waals surface area contributed by atoms with Crippen LogP contribution < -0.4 is 5.32 Å². The molecule has 1 aliphatic carbocycles. The maximum atomic E-state index is 13.5. The molecule has 0 saturated heterocycles. The third kappa shape index (κ3) is 3.34. The van der Waals surface area contributed by atoms with Crippen molar-refractivity contribution in [2.24, 2.45) is 0 Å². The van der Waals surface area contributed by atoms with Gasteiger partial charge < -0.3 is 10.4 Å². The highest BCUT2D eigenvalue weighted by atomic mass is 19.2. The molecule has 1 aromatic carbocycles. The van der Waals surface area contributed by atoms with Crippen molar-refractivity contribution < 1.29 is 27.5 Å². The predicted molar refractivity (Wildman–Crippen MR) is 66.6 cm³/mol. The third-order valence-corrected chi connectivity index (χ3v) is 3.64. The Morgan fingerprint density at radius 2 is 1.71 bits per heavy atom. The first-order valence-electron chi connectivity index (χ1n) is 6.73. The summed E-state index contributed by atoms with van der Waals surface area (Å²) in [5.41, 5.74) is -0.914. The molecule has 2 atom stereocenters. The van der Waals surface area contributed by atoms with E-state index < -0.39 is 46.9 Å². The second kappa shape index (κ2) is 6.43. The molecule has 2 rings (SSSR count). The Balaban J connectivity index is 2.20. The fourth-order valence-electron chi connectivity index (χ4n) is 2.44. The molecule has 0 aromatic heterocycles. The van der Waals surface area contributed by atoms with Crippen LogP contribution in [0.2, 0.25) is 0 Å². The zero-order chi connectivity index (χ0) is 15.6. The maximum Gasteiger partial charge on any atom is 0.254 e. The van der Waals surface area contributed by atoms with Gasteiger partial charge in [0, 0.05) is 0 Å². The van der Waals surface area contributed by atoms with Gasteiger partial charge in [-0.25, -0.2) is 17.6 Å². The second-order valence-electron chi connectivity index (χ2n) is 5.13. The van der Waals surface area contributed by atoms with E-state index in [1.807, 2.05) is 0 Å². The Bertz CT molecular complexity index is 550. The highest BCUT2D eigenvalue weighted by molar-refractivity contribution is 5.94. The van der Waals surface area contributed by atoms with E-state index in [1.165, 1.54) is 0 Å². The molecule has 2 N–H and O–H groups in total. The summed E-state index contributed by atoms with van der Waals surface area (Å²) in [4.78, 5) is 11.9. The molecule has 1 amide bonds. The number of benzene rings is 1. The molecule has 0 spiro atoms. The largest absolute Gasteiger partial charge is 0.391 e. The minimum absolute atomic E-state index is 0.312. The maximum absolute atomic E-state index is 13.5. The van der Waals surface area contributed by atoms with Crippen LogP contribution in [0.5, 0.6) is 0 Å². The van der Waals surface area contributed by atoms with Gasteiger partial charge in [0.05, 0.1) is 17.7 Å². The fraction of sp³-hybridized carbons (Fsp3) is 0.500. The topological polar surface area (TPSA) is 49.3 Å². The minimum atomic E-state index is -2.03. The van der Waals surface area contributed by atoms with Crippen molar-refractivity contribution in [3.8, 4) is 0 Å². The lowest BCUT2D eigenvalue weighted by Crippen LogP contribution is -2.43. The van der Waals surface area contributed by atoms with Crippen molar-refractivity contribution in [1.29, 1.82) is 0 Å². The molecule has 2 unspecified atom stereocenters. The van der Waals surface area contributed by atoms with E-state index in [4.69, 9.17) is 0 Å². The summed E-state index contributed by atoms with van der Waals surface area (Å²) in [5.74, 6) is -8.44. The van der Waals surface area contributed by atoms with Gasteiger partial charge in [0.15, 0.2) is 23.3 Å². The van der Waals surface area contributed by atoms with Crippen LogP contribution in [0.1, 0.15) is 42.5 Å². The standard InChI is InChI=1S/C14H15F4NO2/c15-8-6-7(11(16)13(18)12(8)17)14(21)19-9-4-2-1-3-5-10(9)20/h6,9-10,20H,1-5H2,(H,19,21). The van der Waals surface area contributed by atoms with Crippen LogP contribution in [0.3, 0.4) is 0 Å². The average Bonchev–Trinajstić information content (AvgIpc) is 2.65. The lowest BCUT2D eigenvalue weighted by molar-refractivity contribution is 0.0813. The van der Waals surface area contributed by atoms with Gasteiger partial charge in [-0.15, -0.1) is 0 Å². The van der Waals surface area contributed by atoms with Gasteiger partial charge in [0.1, 0.15) is 0 Å². The number of nitrogens with one attached hydrogen (secondary N) is 1. The van der Waals surface area contributed by atoms with E-state index in [2.05, 4.69) is 5.32 Å². The summed E-state index contributed by atoms with van der Waals surface area (Å²) in [6, 6.07) is -0.304. The molecule has 0 bridgehead atoms. The number of rotatable bonds is 2. The zero-order valence-electron chi connectivity index (χ0n) is 11.1. The highest BCUT2D eigenvalue weighted by Crippen LogP contribution is 2.21. The van der Waals surface area contributed by atoms with Gasteiger partial charge in [-0.1, -0.05) is 19.3 Å². The average molecular weight is 305 g/mol. The van der Waals surface area contributed by atoms with Gasteiger partial charge in [0.2, 0.25) is 0 Å². The Morgan fingerprint density at radius 1 is 1.05 bits per heavy atom. The zero-order valence-corrected chi connectivity index (χ0v) is 11.1. The van der Waals surface area contributed by atoms with Crippen molar-refractivity contribution in [2.75, 3.05) is 0 Å². The molecule has 7 heteroatoms. The first kappa shape index (κ1) is 15.8. The van der Waals surface area contributed by atoms with Crippen LogP contribution in [0.4, 0.5) is 17.6 Å². The minimum Gasteiger partial charge on any atom is -0.391 e. The van der Waals surface area contributed by atoms with Crippen molar-refractivity contribution in [3.05, 3.63) is 34.9 Å². The van der Waals surface area contributed by atoms with Crippen LogP contribution in [0.15, 0.2) is 6.07 Å². The summed E-state index contributed by atoms with van der Waals surface area (Å²) < 4.78 is 52.6. The lowest BCUT2D eigenvalue weighted by atomic mass is 10.1. The van der Waals surface area contributed by atoms with Crippen molar-refractivity contribution >= 4 is 5.91 Å². The van der Waals surface area contributed by atoms with Crippen LogP contribution in [-0.4, -0.2) is 23.2 Å². The van der Waals surface area contributed by atoms with Crippen LogP contribution in [0, 0.1) is 23.3 Å². The monoisotopic (exact) mass is 305 g/mol. The van der Waals surface area contributed by atoms with Crippen LogP contribution >= 0.6 is 0 Å². The predicted octanol–water partition coefficient (Wildman–Crippen LogP) is 2.67. The number of aliphatic hydroxyl groups excluding tert-OH is 1. The summed E-state index contributed by atoms with van der Waals surface area (Å²) in [5, 5.41) is 12.2. The fourth-order valence-corrected chi connectivity index (χ4v) is 2.44. The lowest BCUT2D eigenvalue weighted by Gasteiger charge is -2.22. The van der Waals surface area contributed by atoms with Gasteiger partial charge in [-0.2, -0.15) is 0 Å². The van der Waals surface area contributed by atoms with Crippen molar-refractivity contribution in [3.63, 3.8) is 0 Å². The Labute approximate surface area is 119 Å². The Hall–Kier alpha value is -1.63. The van der Waals surface area contributed by atoms with E-state index in [9.17, 15) is 27.5 Å². The van der Waals surface area contributed by atoms with Gasteiger partial charge in [0.25, 0.3) is 5.91 Å². The Kier molecular flexibility index (Phi) is 4.82. The number of aliphatic hydroxyl groups is 1. The number of carbonyl (C=O) groups is 1. The molecule has 1 aliphatic rings. The molecule has 0 radical (unpaired) electrons. The molecule has 116 valence electrons. The quantitative estimate of drug-likeness (QED) is 0.382. The number of hydrogen-bond acceptors (Lipinski definition) is 2. The molecule has 21 heavy (non-hydrogen) atoms. The number of hydrogen-bond donors (Lipinski definition) is 2. The normalized spacial score (nSPS) is 22.7. The smallest absolute Gasteiger partial charge is 0.254 e. The molecular formula is C14H15F4NO2. The van der Waals surface area contributed by atoms with Gasteiger partial charge in [-0.05, 0) is 18.9 Å².